The number of aliphatic carboxylic acids is 1. The first-order valence-corrected chi connectivity index (χ1v) is 15.1. The molecule has 12 N–H and O–H groups in total. The molecule has 0 radical (unpaired) electrons. The van der Waals surface area contributed by atoms with Gasteiger partial charge in [-0.1, -0.05) is 48.5 Å². The van der Waals surface area contributed by atoms with E-state index in [1.807, 2.05) is 30.3 Å². The molecule has 3 amide bonds. The third kappa shape index (κ3) is 10.2. The number of fused-ring (bicyclic) bond motifs is 1. The number of hydrogen-bond acceptors (Lipinski definition) is 7. The number of para-hydroxylation sites is 1. The van der Waals surface area contributed by atoms with Crippen molar-refractivity contribution in [2.75, 3.05) is 6.54 Å². The first-order chi connectivity index (χ1) is 22.6. The maximum atomic E-state index is 13.8. The average molecular weight is 645 g/mol. The van der Waals surface area contributed by atoms with Crippen LogP contribution in [0.4, 0.5) is 0 Å². The minimum absolute atomic E-state index is 0.000658. The summed E-state index contributed by atoms with van der Waals surface area (Å²) in [6.07, 6.45) is 5.37. The fourth-order valence-electron chi connectivity index (χ4n) is 5.10. The molecule has 0 unspecified atom stereocenters. The number of nitrogens with two attached hydrogens (primary N) is 3. The third-order valence-corrected chi connectivity index (χ3v) is 7.54. The zero-order valence-electron chi connectivity index (χ0n) is 25.7. The van der Waals surface area contributed by atoms with Crippen LogP contribution in [-0.4, -0.2) is 80.4 Å². The van der Waals surface area contributed by atoms with E-state index in [1.165, 1.54) is 6.33 Å². The number of carbonyl (C=O) groups excluding carboxylic acids is 3. The van der Waals surface area contributed by atoms with Crippen LogP contribution in [0, 0.1) is 0 Å². The molecule has 0 fully saturated rings. The lowest BCUT2D eigenvalue weighted by molar-refractivity contribution is -0.142. The van der Waals surface area contributed by atoms with Gasteiger partial charge in [0.15, 0.2) is 5.96 Å². The van der Waals surface area contributed by atoms with Gasteiger partial charge in [0, 0.05) is 54.8 Å². The lowest BCUT2D eigenvalue weighted by atomic mass is 10.0. The molecule has 0 aliphatic carbocycles. The van der Waals surface area contributed by atoms with Crippen molar-refractivity contribution in [1.29, 1.82) is 0 Å². The molecule has 47 heavy (non-hydrogen) atoms. The molecule has 4 atom stereocenters. The normalized spacial score (nSPS) is 13.6. The van der Waals surface area contributed by atoms with Gasteiger partial charge < -0.3 is 48.2 Å². The van der Waals surface area contributed by atoms with Gasteiger partial charge >= 0.3 is 5.97 Å². The minimum Gasteiger partial charge on any atom is -0.480 e. The number of H-pyrrole nitrogens is 2. The quantitative estimate of drug-likeness (QED) is 0.0419. The van der Waals surface area contributed by atoms with Crippen LogP contribution >= 0.6 is 0 Å². The second-order valence-electron chi connectivity index (χ2n) is 11.1. The van der Waals surface area contributed by atoms with E-state index in [-0.39, 0.29) is 38.2 Å². The molecule has 248 valence electrons. The Balaban J connectivity index is 1.51. The number of aromatic amines is 2. The van der Waals surface area contributed by atoms with Crippen molar-refractivity contribution < 1.29 is 24.3 Å². The molecule has 0 bridgehead atoms. The number of nitrogens with zero attached hydrogens (tertiary/aromatic N) is 2. The highest BCUT2D eigenvalue weighted by Gasteiger charge is 2.31. The van der Waals surface area contributed by atoms with Gasteiger partial charge in [-0.2, -0.15) is 0 Å². The van der Waals surface area contributed by atoms with E-state index in [0.717, 1.165) is 16.5 Å². The Kier molecular flexibility index (Phi) is 12.0. The molecule has 4 rings (SSSR count). The Hall–Kier alpha value is -5.70. The summed E-state index contributed by atoms with van der Waals surface area (Å²) in [4.78, 5) is 66.6. The van der Waals surface area contributed by atoms with Crippen LogP contribution in [0.1, 0.15) is 29.7 Å². The van der Waals surface area contributed by atoms with Crippen molar-refractivity contribution in [2.24, 2.45) is 22.2 Å². The predicted molar refractivity (Wildman–Crippen MR) is 176 cm³/mol. The molecule has 15 heteroatoms. The van der Waals surface area contributed by atoms with Crippen molar-refractivity contribution >= 4 is 40.6 Å². The van der Waals surface area contributed by atoms with E-state index in [1.54, 1.807) is 36.7 Å². The number of rotatable bonds is 17. The van der Waals surface area contributed by atoms with E-state index in [0.29, 0.717) is 17.7 Å². The van der Waals surface area contributed by atoms with Crippen LogP contribution in [-0.2, 0) is 38.4 Å². The molecular weight excluding hydrogens is 604 g/mol. The molecule has 4 aromatic rings. The van der Waals surface area contributed by atoms with Gasteiger partial charge in [0.25, 0.3) is 0 Å². The number of carbonyl (C=O) groups is 4. The molecule has 0 saturated carbocycles. The lowest BCUT2D eigenvalue weighted by Gasteiger charge is -2.25. The second-order valence-corrected chi connectivity index (χ2v) is 11.1. The molecule has 0 saturated heterocycles. The van der Waals surface area contributed by atoms with Crippen molar-refractivity contribution in [3.05, 3.63) is 90.1 Å². The van der Waals surface area contributed by atoms with Gasteiger partial charge in [-0.15, -0.1) is 0 Å². The summed E-state index contributed by atoms with van der Waals surface area (Å²) >= 11 is 0. The predicted octanol–water partition coefficient (Wildman–Crippen LogP) is -0.161. The summed E-state index contributed by atoms with van der Waals surface area (Å²) in [5.41, 5.74) is 19.9. The number of carboxylic acids is 1. The molecule has 2 aromatic carbocycles. The lowest BCUT2D eigenvalue weighted by Crippen LogP contribution is -2.58. The molecular formula is C32H40N10O5. The molecule has 0 spiro atoms. The Morgan fingerprint density at radius 2 is 1.51 bits per heavy atom. The fraction of sp³-hybridized carbons (Fsp3) is 0.312. The number of guanidine groups is 1. The number of benzene rings is 2. The zero-order chi connectivity index (χ0) is 33.8. The highest BCUT2D eigenvalue weighted by molar-refractivity contribution is 5.94. The molecule has 0 aliphatic rings. The van der Waals surface area contributed by atoms with Crippen LogP contribution < -0.4 is 33.2 Å². The number of hydrogen-bond donors (Lipinski definition) is 9. The standard InChI is InChI=1S/C32H40N10O5/c33-23(15-21-17-36-18-39-21)28(43)41-26(13-19-7-2-1-3-8-19)30(45)40-25(11-6-12-37-32(34)35)29(44)42-27(31(46)47)14-20-16-38-24-10-5-4-9-22(20)24/h1-5,7-10,16-18,23,25-27,38H,6,11-15,33H2,(H,36,39)(H,40,45)(H,41,43)(H,42,44)(H,46,47)(H4,34,35,37)/t23-,25-,26+,27+/m0/s1. The van der Waals surface area contributed by atoms with Gasteiger partial charge in [0.05, 0.1) is 12.4 Å². The summed E-state index contributed by atoms with van der Waals surface area (Å²) < 4.78 is 0. The number of aromatic nitrogens is 3. The number of amides is 3. The van der Waals surface area contributed by atoms with Crippen LogP contribution in [0.15, 0.2) is 78.3 Å². The SMILES string of the molecule is NC(N)=NCCC[C@H](NC(=O)[C@@H](Cc1ccccc1)NC(=O)[C@@H](N)Cc1cnc[nH]1)C(=O)N[C@H](Cc1c[nH]c2ccccc12)C(=O)O. The largest absolute Gasteiger partial charge is 0.480 e. The summed E-state index contributed by atoms with van der Waals surface area (Å²) in [6, 6.07) is 11.9. The summed E-state index contributed by atoms with van der Waals surface area (Å²) in [5, 5.41) is 18.8. The maximum absolute atomic E-state index is 13.8. The van der Waals surface area contributed by atoms with Crippen LogP contribution in [0.3, 0.4) is 0 Å². The highest BCUT2D eigenvalue weighted by atomic mass is 16.4. The maximum Gasteiger partial charge on any atom is 0.326 e. The van der Waals surface area contributed by atoms with Gasteiger partial charge in [-0.25, -0.2) is 9.78 Å². The van der Waals surface area contributed by atoms with Crippen LogP contribution in [0.25, 0.3) is 10.9 Å². The molecule has 0 aliphatic heterocycles. The second kappa shape index (κ2) is 16.6. The Labute approximate surface area is 270 Å². The van der Waals surface area contributed by atoms with Crippen molar-refractivity contribution in [3.63, 3.8) is 0 Å². The number of aliphatic imine (C=N–C) groups is 1. The third-order valence-electron chi connectivity index (χ3n) is 7.54. The van der Waals surface area contributed by atoms with Gasteiger partial charge in [-0.3, -0.25) is 19.4 Å². The average Bonchev–Trinajstić information content (AvgIpc) is 3.72. The monoisotopic (exact) mass is 644 g/mol. The zero-order valence-corrected chi connectivity index (χ0v) is 25.7. The van der Waals surface area contributed by atoms with Crippen molar-refractivity contribution in [3.8, 4) is 0 Å². The van der Waals surface area contributed by atoms with E-state index in [2.05, 4.69) is 35.9 Å². The fourth-order valence-corrected chi connectivity index (χ4v) is 5.10. The summed E-state index contributed by atoms with van der Waals surface area (Å²) in [6.45, 7) is 0.173. The van der Waals surface area contributed by atoms with E-state index in [9.17, 15) is 24.3 Å². The summed E-state index contributed by atoms with van der Waals surface area (Å²) in [5.74, 6) is -3.31. The molecule has 2 heterocycles. The first kappa shape index (κ1) is 34.2. The number of imidazole rings is 1. The summed E-state index contributed by atoms with van der Waals surface area (Å²) in [7, 11) is 0. The minimum atomic E-state index is -1.29. The van der Waals surface area contributed by atoms with Crippen molar-refractivity contribution in [2.45, 2.75) is 56.3 Å². The van der Waals surface area contributed by atoms with Crippen molar-refractivity contribution in [1.82, 2.24) is 30.9 Å². The highest BCUT2D eigenvalue weighted by Crippen LogP contribution is 2.19. The topological polar surface area (TPSA) is 259 Å². The first-order valence-electron chi connectivity index (χ1n) is 15.1. The van der Waals surface area contributed by atoms with Gasteiger partial charge in [0.2, 0.25) is 17.7 Å². The molecule has 15 nitrogen and oxygen atoms in total. The van der Waals surface area contributed by atoms with E-state index >= 15 is 0 Å². The smallest absolute Gasteiger partial charge is 0.326 e. The number of carboxylic acid groups (broad SMARTS) is 1. The van der Waals surface area contributed by atoms with Crippen LogP contribution in [0.2, 0.25) is 0 Å². The Morgan fingerprint density at radius 1 is 0.830 bits per heavy atom. The van der Waals surface area contributed by atoms with E-state index < -0.39 is 47.9 Å². The Bertz CT molecular complexity index is 1670. The van der Waals surface area contributed by atoms with Crippen LogP contribution in [0.5, 0.6) is 0 Å². The number of nitrogens with one attached hydrogen (secondary N) is 5. The van der Waals surface area contributed by atoms with Gasteiger partial charge in [0.1, 0.15) is 18.1 Å². The Morgan fingerprint density at radius 3 is 2.21 bits per heavy atom. The van der Waals surface area contributed by atoms with Gasteiger partial charge in [-0.05, 0) is 30.0 Å². The molecule has 2 aromatic heterocycles. The van der Waals surface area contributed by atoms with E-state index in [4.69, 9.17) is 17.2 Å².